The summed E-state index contributed by atoms with van der Waals surface area (Å²) in [4.78, 5) is 49.6. The third-order valence-electron chi connectivity index (χ3n) is 6.70. The van der Waals surface area contributed by atoms with E-state index in [0.29, 0.717) is 22.2 Å². The van der Waals surface area contributed by atoms with E-state index in [-0.39, 0.29) is 29.5 Å². The number of rotatable bonds is 7. The second-order valence-electron chi connectivity index (χ2n) is 9.70. The van der Waals surface area contributed by atoms with Crippen LogP contribution in [0.5, 0.6) is 0 Å². The van der Waals surface area contributed by atoms with Crippen LogP contribution < -0.4 is 10.2 Å². The fraction of sp³-hybridized carbons (Fsp3) is 0.393. The third-order valence-corrected chi connectivity index (χ3v) is 7.86. The van der Waals surface area contributed by atoms with E-state index < -0.39 is 5.97 Å². The molecular weight excluding hydrogens is 488 g/mol. The summed E-state index contributed by atoms with van der Waals surface area (Å²) >= 11 is 1.30. The largest absolute Gasteiger partial charge is 0.465 e. The number of aromatic nitrogens is 2. The van der Waals surface area contributed by atoms with Crippen molar-refractivity contribution in [3.05, 3.63) is 59.5 Å². The van der Waals surface area contributed by atoms with Crippen LogP contribution in [0.4, 0.5) is 11.4 Å². The number of carbonyl (C=O) groups excluding carboxylic acids is 3. The fourth-order valence-corrected chi connectivity index (χ4v) is 5.71. The number of thiophene rings is 1. The Kier molecular flexibility index (Phi) is 8.33. The summed E-state index contributed by atoms with van der Waals surface area (Å²) in [6.45, 7) is 6.17. The zero-order valence-electron chi connectivity index (χ0n) is 21.6. The molecule has 1 aliphatic carbocycles. The molecule has 1 aromatic carbocycles. The first-order chi connectivity index (χ1) is 17.8. The van der Waals surface area contributed by atoms with Gasteiger partial charge in [0.1, 0.15) is 16.9 Å². The Bertz CT molecular complexity index is 1250. The highest BCUT2D eigenvalue weighted by Crippen LogP contribution is 2.40. The Hall–Kier alpha value is -3.59. The molecule has 0 bridgehead atoms. The number of ether oxygens (including phenoxy) is 1. The lowest BCUT2D eigenvalue weighted by atomic mass is 9.82. The first-order valence-corrected chi connectivity index (χ1v) is 13.3. The highest BCUT2D eigenvalue weighted by Gasteiger charge is 2.33. The Morgan fingerprint density at radius 1 is 1.08 bits per heavy atom. The molecule has 8 nitrogen and oxygen atoms in total. The van der Waals surface area contributed by atoms with Crippen molar-refractivity contribution in [3.8, 4) is 10.4 Å². The van der Waals surface area contributed by atoms with Gasteiger partial charge >= 0.3 is 5.97 Å². The zero-order valence-corrected chi connectivity index (χ0v) is 22.4. The Morgan fingerprint density at radius 2 is 1.78 bits per heavy atom. The minimum absolute atomic E-state index is 0.0368. The maximum absolute atomic E-state index is 13.6. The molecule has 2 heterocycles. The van der Waals surface area contributed by atoms with Crippen LogP contribution in [0.2, 0.25) is 0 Å². The molecule has 1 fully saturated rings. The number of anilines is 2. The van der Waals surface area contributed by atoms with Crippen molar-refractivity contribution in [1.29, 1.82) is 0 Å². The molecule has 2 aromatic heterocycles. The molecule has 37 heavy (non-hydrogen) atoms. The number of esters is 1. The Balaban J connectivity index is 1.61. The molecule has 0 radical (unpaired) electrons. The van der Waals surface area contributed by atoms with Gasteiger partial charge in [-0.25, -0.2) is 14.8 Å². The number of hydrogen-bond donors (Lipinski definition) is 1. The summed E-state index contributed by atoms with van der Waals surface area (Å²) in [7, 11) is 1.35. The van der Waals surface area contributed by atoms with E-state index in [2.05, 4.69) is 22.2 Å². The number of carbonyl (C=O) groups is 3. The Morgan fingerprint density at radius 3 is 2.38 bits per heavy atom. The van der Waals surface area contributed by atoms with Crippen LogP contribution in [0, 0.1) is 11.8 Å². The average Bonchev–Trinajstić information content (AvgIpc) is 3.34. The molecule has 1 saturated carbocycles. The van der Waals surface area contributed by atoms with E-state index in [1.54, 1.807) is 23.1 Å². The van der Waals surface area contributed by atoms with Crippen LogP contribution in [0.3, 0.4) is 0 Å². The number of amides is 2. The fourth-order valence-electron chi connectivity index (χ4n) is 4.63. The summed E-state index contributed by atoms with van der Waals surface area (Å²) in [5, 5.41) is 2.82. The zero-order chi connectivity index (χ0) is 26.5. The molecule has 4 rings (SSSR count). The van der Waals surface area contributed by atoms with E-state index >= 15 is 0 Å². The van der Waals surface area contributed by atoms with E-state index in [1.165, 1.54) is 31.0 Å². The van der Waals surface area contributed by atoms with Crippen LogP contribution in [0.1, 0.15) is 66.6 Å². The van der Waals surface area contributed by atoms with Crippen LogP contribution in [0.15, 0.2) is 48.9 Å². The quantitative estimate of drug-likeness (QED) is 0.395. The number of hydrogen-bond acceptors (Lipinski definition) is 7. The molecule has 0 aliphatic heterocycles. The van der Waals surface area contributed by atoms with Gasteiger partial charge in [0.25, 0.3) is 5.91 Å². The van der Waals surface area contributed by atoms with E-state index in [0.717, 1.165) is 36.1 Å². The summed E-state index contributed by atoms with van der Waals surface area (Å²) < 4.78 is 5.08. The number of nitrogens with zero attached hydrogens (tertiary/aromatic N) is 3. The van der Waals surface area contributed by atoms with Gasteiger partial charge in [0, 0.05) is 28.7 Å². The summed E-state index contributed by atoms with van der Waals surface area (Å²) in [6, 6.07) is 10.7. The normalized spacial score (nSPS) is 17.3. The van der Waals surface area contributed by atoms with Crippen LogP contribution in [0.25, 0.3) is 10.4 Å². The van der Waals surface area contributed by atoms with Gasteiger partial charge < -0.3 is 15.0 Å². The molecule has 9 heteroatoms. The molecule has 1 aliphatic rings. The molecule has 3 aromatic rings. The smallest absolute Gasteiger partial charge is 0.350 e. The number of nitrogens with one attached hydrogen (secondary N) is 1. The first-order valence-electron chi connectivity index (χ1n) is 12.5. The van der Waals surface area contributed by atoms with Gasteiger partial charge in [0.2, 0.25) is 5.91 Å². The van der Waals surface area contributed by atoms with Crippen LogP contribution in [-0.4, -0.2) is 40.9 Å². The maximum atomic E-state index is 13.6. The highest BCUT2D eigenvalue weighted by atomic mass is 32.1. The van der Waals surface area contributed by atoms with Crippen molar-refractivity contribution in [2.45, 2.75) is 52.5 Å². The third kappa shape index (κ3) is 6.05. The molecule has 0 spiro atoms. The minimum atomic E-state index is -0.462. The predicted molar refractivity (Wildman–Crippen MR) is 145 cm³/mol. The second-order valence-corrected chi connectivity index (χ2v) is 10.8. The maximum Gasteiger partial charge on any atom is 0.350 e. The molecular formula is C28H32N4O4S. The second kappa shape index (κ2) is 11.6. The topological polar surface area (TPSA) is 101 Å². The van der Waals surface area contributed by atoms with Crippen LogP contribution in [-0.2, 0) is 9.53 Å². The van der Waals surface area contributed by atoms with E-state index in [1.807, 2.05) is 32.0 Å². The molecule has 2 amide bonds. The van der Waals surface area contributed by atoms with E-state index in [9.17, 15) is 14.4 Å². The lowest BCUT2D eigenvalue weighted by Gasteiger charge is -2.33. The van der Waals surface area contributed by atoms with Crippen molar-refractivity contribution < 1.29 is 19.1 Å². The molecule has 0 unspecified atom stereocenters. The standard InChI is InChI=1S/C28H32N4O4S/c1-17(2)32(27(34)20-7-5-18(3)6-8-20)23-15-24(37-25(23)28(35)36-4)19-9-11-21(12-10-19)31-26(33)22-13-14-29-16-30-22/h9-18,20H,5-8H2,1-4H3,(H,31,33)/t18-,20-. The average molecular weight is 521 g/mol. The first kappa shape index (κ1) is 26.5. The van der Waals surface area contributed by atoms with Gasteiger partial charge in [-0.1, -0.05) is 19.1 Å². The van der Waals surface area contributed by atoms with Crippen molar-refractivity contribution >= 4 is 40.5 Å². The molecule has 0 atom stereocenters. The van der Waals surface area contributed by atoms with Gasteiger partial charge in [-0.3, -0.25) is 9.59 Å². The monoisotopic (exact) mass is 520 g/mol. The van der Waals surface area contributed by atoms with Gasteiger partial charge in [0.15, 0.2) is 0 Å². The molecule has 0 saturated heterocycles. The lowest BCUT2D eigenvalue weighted by molar-refractivity contribution is -0.123. The Labute approximate surface area is 221 Å². The predicted octanol–water partition coefficient (Wildman–Crippen LogP) is 5.81. The van der Waals surface area contributed by atoms with Gasteiger partial charge in [0.05, 0.1) is 12.8 Å². The van der Waals surface area contributed by atoms with Gasteiger partial charge in [-0.15, -0.1) is 11.3 Å². The highest BCUT2D eigenvalue weighted by molar-refractivity contribution is 7.18. The van der Waals surface area contributed by atoms with Crippen molar-refractivity contribution in [2.75, 3.05) is 17.3 Å². The number of benzene rings is 1. The number of methoxy groups -OCH3 is 1. The van der Waals surface area contributed by atoms with Crippen molar-refractivity contribution in [1.82, 2.24) is 9.97 Å². The minimum Gasteiger partial charge on any atom is -0.465 e. The van der Waals surface area contributed by atoms with Gasteiger partial charge in [-0.2, -0.15) is 0 Å². The van der Waals surface area contributed by atoms with Crippen LogP contribution >= 0.6 is 11.3 Å². The van der Waals surface area contributed by atoms with Gasteiger partial charge in [-0.05, 0) is 75.3 Å². The summed E-state index contributed by atoms with van der Waals surface area (Å²) in [5.41, 5.74) is 2.34. The van der Waals surface area contributed by atoms with Crippen molar-refractivity contribution in [3.63, 3.8) is 0 Å². The summed E-state index contributed by atoms with van der Waals surface area (Å²) in [6.07, 6.45) is 6.66. The molecule has 1 N–H and O–H groups in total. The summed E-state index contributed by atoms with van der Waals surface area (Å²) in [5.74, 6) is -0.117. The van der Waals surface area contributed by atoms with E-state index in [4.69, 9.17) is 4.74 Å². The SMILES string of the molecule is COC(=O)c1sc(-c2ccc(NC(=O)c3ccncn3)cc2)cc1N(C(=O)[C@H]1CC[C@H](C)CC1)C(C)C. The van der Waals surface area contributed by atoms with Crippen molar-refractivity contribution in [2.24, 2.45) is 11.8 Å². The lowest BCUT2D eigenvalue weighted by Crippen LogP contribution is -2.42. The molecule has 194 valence electrons.